The molecule has 2 N–H and O–H groups in total. The van der Waals surface area contributed by atoms with Gasteiger partial charge in [-0.3, -0.25) is 10.1 Å². The molecule has 1 unspecified atom stereocenters. The number of alkyl halides is 2. The predicted molar refractivity (Wildman–Crippen MR) is 62.8 cm³/mol. The molecular weight excluding hydrogens is 246 g/mol. The number of nitro benzene ring substituents is 1. The molecule has 0 aliphatic carbocycles. The number of aliphatic hydroxyl groups is 1. The van der Waals surface area contributed by atoms with Gasteiger partial charge in [0.05, 0.1) is 4.92 Å². The van der Waals surface area contributed by atoms with Gasteiger partial charge in [-0.25, -0.2) is 8.78 Å². The predicted octanol–water partition coefficient (Wildman–Crippen LogP) is 2.72. The van der Waals surface area contributed by atoms with Crippen LogP contribution in [0.3, 0.4) is 0 Å². The summed E-state index contributed by atoms with van der Waals surface area (Å²) in [6, 6.07) is 3.08. The van der Waals surface area contributed by atoms with Gasteiger partial charge in [-0.1, -0.05) is 0 Å². The molecule has 1 rings (SSSR count). The SMILES string of the molecule is CC(CCO)Nc1ccc([N+](=O)[O-])cc1C(F)F. The Morgan fingerprint density at radius 3 is 2.67 bits per heavy atom. The summed E-state index contributed by atoms with van der Waals surface area (Å²) in [5, 5.41) is 22.0. The van der Waals surface area contributed by atoms with Crippen molar-refractivity contribution in [2.45, 2.75) is 25.8 Å². The molecule has 0 aromatic heterocycles. The molecule has 0 radical (unpaired) electrons. The summed E-state index contributed by atoms with van der Waals surface area (Å²) >= 11 is 0. The van der Waals surface area contributed by atoms with Crippen molar-refractivity contribution in [3.05, 3.63) is 33.9 Å². The lowest BCUT2D eigenvalue weighted by Gasteiger charge is -2.16. The first-order valence-corrected chi connectivity index (χ1v) is 5.39. The molecular formula is C11H14F2N2O3. The van der Waals surface area contributed by atoms with E-state index in [4.69, 9.17) is 5.11 Å². The number of aliphatic hydroxyl groups excluding tert-OH is 1. The van der Waals surface area contributed by atoms with Crippen molar-refractivity contribution in [1.29, 1.82) is 0 Å². The molecule has 1 aromatic rings. The van der Waals surface area contributed by atoms with Gasteiger partial charge in [0.1, 0.15) is 0 Å². The van der Waals surface area contributed by atoms with Crippen LogP contribution in [0.5, 0.6) is 0 Å². The third-order valence-corrected chi connectivity index (χ3v) is 2.45. The fraction of sp³-hybridized carbons (Fsp3) is 0.455. The van der Waals surface area contributed by atoms with Crippen molar-refractivity contribution < 1.29 is 18.8 Å². The topological polar surface area (TPSA) is 75.4 Å². The number of hydrogen-bond acceptors (Lipinski definition) is 4. The zero-order valence-electron chi connectivity index (χ0n) is 9.77. The largest absolute Gasteiger partial charge is 0.396 e. The van der Waals surface area contributed by atoms with Crippen LogP contribution < -0.4 is 5.32 Å². The van der Waals surface area contributed by atoms with E-state index in [1.54, 1.807) is 6.92 Å². The zero-order chi connectivity index (χ0) is 13.7. The van der Waals surface area contributed by atoms with E-state index in [9.17, 15) is 18.9 Å². The lowest BCUT2D eigenvalue weighted by Crippen LogP contribution is -2.17. The Labute approximate surface area is 103 Å². The maximum atomic E-state index is 12.8. The fourth-order valence-electron chi connectivity index (χ4n) is 1.51. The van der Waals surface area contributed by atoms with Crippen molar-refractivity contribution in [3.63, 3.8) is 0 Å². The van der Waals surface area contributed by atoms with Gasteiger partial charge < -0.3 is 10.4 Å². The summed E-state index contributed by atoms with van der Waals surface area (Å²) in [6.07, 6.45) is -2.40. The number of nitrogens with zero attached hydrogens (tertiary/aromatic N) is 1. The normalized spacial score (nSPS) is 12.5. The molecule has 1 atom stereocenters. The summed E-state index contributed by atoms with van der Waals surface area (Å²) in [6.45, 7) is 1.66. The standard InChI is InChI=1S/C11H14F2N2O3/c1-7(4-5-16)14-10-3-2-8(15(17)18)6-9(10)11(12)13/h2-3,6-7,11,14,16H,4-5H2,1H3. The Hall–Kier alpha value is -1.76. The van der Waals surface area contributed by atoms with E-state index in [0.29, 0.717) is 6.42 Å². The molecule has 0 spiro atoms. The molecule has 0 heterocycles. The van der Waals surface area contributed by atoms with E-state index < -0.39 is 16.9 Å². The number of nitro groups is 1. The Morgan fingerprint density at radius 1 is 1.50 bits per heavy atom. The number of benzene rings is 1. The van der Waals surface area contributed by atoms with E-state index in [1.807, 2.05) is 0 Å². The Balaban J connectivity index is 3.00. The molecule has 0 saturated carbocycles. The molecule has 1 aromatic carbocycles. The van der Waals surface area contributed by atoms with Gasteiger partial charge in [0.15, 0.2) is 0 Å². The maximum absolute atomic E-state index is 12.8. The van der Waals surface area contributed by atoms with Crippen LogP contribution in [0.15, 0.2) is 18.2 Å². The molecule has 100 valence electrons. The van der Waals surface area contributed by atoms with Crippen LogP contribution in [0.4, 0.5) is 20.2 Å². The number of halogens is 2. The van der Waals surface area contributed by atoms with Gasteiger partial charge in [-0.2, -0.15) is 0 Å². The summed E-state index contributed by atoms with van der Waals surface area (Å²) in [7, 11) is 0. The van der Waals surface area contributed by atoms with Gasteiger partial charge in [0.2, 0.25) is 0 Å². The fourth-order valence-corrected chi connectivity index (χ4v) is 1.51. The van der Waals surface area contributed by atoms with Crippen LogP contribution in [-0.2, 0) is 0 Å². The van der Waals surface area contributed by atoms with E-state index >= 15 is 0 Å². The van der Waals surface area contributed by atoms with Crippen LogP contribution in [0, 0.1) is 10.1 Å². The monoisotopic (exact) mass is 260 g/mol. The Kier molecular flexibility index (Phi) is 4.96. The van der Waals surface area contributed by atoms with Crippen molar-refractivity contribution in [1.82, 2.24) is 0 Å². The van der Waals surface area contributed by atoms with Crippen LogP contribution in [0.25, 0.3) is 0 Å². The highest BCUT2D eigenvalue weighted by molar-refractivity contribution is 5.57. The van der Waals surface area contributed by atoms with Crippen LogP contribution >= 0.6 is 0 Å². The summed E-state index contributed by atoms with van der Waals surface area (Å²) in [4.78, 5) is 9.80. The highest BCUT2D eigenvalue weighted by atomic mass is 19.3. The second-order valence-electron chi connectivity index (χ2n) is 3.89. The smallest absolute Gasteiger partial charge is 0.270 e. The number of rotatable bonds is 6. The third-order valence-electron chi connectivity index (χ3n) is 2.45. The minimum absolute atomic E-state index is 0.0643. The summed E-state index contributed by atoms with van der Waals surface area (Å²) in [5.41, 5.74) is -0.629. The summed E-state index contributed by atoms with van der Waals surface area (Å²) < 4.78 is 25.6. The molecule has 0 bridgehead atoms. The summed E-state index contributed by atoms with van der Waals surface area (Å²) in [5.74, 6) is 0. The average molecular weight is 260 g/mol. The third kappa shape index (κ3) is 3.63. The van der Waals surface area contributed by atoms with Gasteiger partial charge in [-0.15, -0.1) is 0 Å². The zero-order valence-corrected chi connectivity index (χ0v) is 9.77. The number of nitrogens with one attached hydrogen (secondary N) is 1. The second-order valence-corrected chi connectivity index (χ2v) is 3.89. The first-order chi connectivity index (χ1) is 8.45. The average Bonchev–Trinajstić information content (AvgIpc) is 2.29. The van der Waals surface area contributed by atoms with Crippen molar-refractivity contribution >= 4 is 11.4 Å². The van der Waals surface area contributed by atoms with Gasteiger partial charge in [0.25, 0.3) is 12.1 Å². The molecule has 0 aliphatic heterocycles. The van der Waals surface area contributed by atoms with E-state index in [0.717, 1.165) is 6.07 Å². The molecule has 0 saturated heterocycles. The number of hydrogen-bond donors (Lipinski definition) is 2. The van der Waals surface area contributed by atoms with Crippen LogP contribution in [0.1, 0.15) is 25.3 Å². The number of anilines is 1. The number of non-ortho nitro benzene ring substituents is 1. The first kappa shape index (κ1) is 14.3. The molecule has 18 heavy (non-hydrogen) atoms. The molecule has 0 fully saturated rings. The second kappa shape index (κ2) is 6.25. The molecule has 0 amide bonds. The van der Waals surface area contributed by atoms with Crippen LogP contribution in [0.2, 0.25) is 0 Å². The Morgan fingerprint density at radius 2 is 2.17 bits per heavy atom. The van der Waals surface area contributed by atoms with Crippen LogP contribution in [-0.4, -0.2) is 22.7 Å². The molecule has 7 heteroatoms. The minimum atomic E-state index is -2.80. The van der Waals surface area contributed by atoms with Gasteiger partial charge >= 0.3 is 0 Å². The first-order valence-electron chi connectivity index (χ1n) is 5.39. The van der Waals surface area contributed by atoms with Crippen molar-refractivity contribution in [3.8, 4) is 0 Å². The molecule has 5 nitrogen and oxygen atoms in total. The highest BCUT2D eigenvalue weighted by Crippen LogP contribution is 2.31. The van der Waals surface area contributed by atoms with E-state index in [1.165, 1.54) is 12.1 Å². The van der Waals surface area contributed by atoms with E-state index in [-0.39, 0.29) is 24.0 Å². The lowest BCUT2D eigenvalue weighted by molar-refractivity contribution is -0.385. The van der Waals surface area contributed by atoms with Crippen molar-refractivity contribution in [2.24, 2.45) is 0 Å². The van der Waals surface area contributed by atoms with Gasteiger partial charge in [-0.05, 0) is 19.4 Å². The quantitative estimate of drug-likeness (QED) is 0.609. The maximum Gasteiger partial charge on any atom is 0.270 e. The molecule has 0 aliphatic rings. The van der Waals surface area contributed by atoms with E-state index in [2.05, 4.69) is 5.32 Å². The Bertz CT molecular complexity index is 427. The van der Waals surface area contributed by atoms with Gasteiger partial charge in [0, 0.05) is 36.0 Å². The highest BCUT2D eigenvalue weighted by Gasteiger charge is 2.18. The minimum Gasteiger partial charge on any atom is -0.396 e. The van der Waals surface area contributed by atoms with Crippen molar-refractivity contribution in [2.75, 3.05) is 11.9 Å². The lowest BCUT2D eigenvalue weighted by atomic mass is 10.1.